The van der Waals surface area contributed by atoms with Gasteiger partial charge in [0, 0.05) is 21.5 Å². The third-order valence-electron chi connectivity index (χ3n) is 4.74. The standard InChI is InChI=1S/C21H24N4O2S2/c1-5-21(3,4)22-19(26)18(17-10-7-11-28-17)25(15-9-6-8-14(2)12-15)20(27)16-13-29-24-23-16/h6-13,18H,5H2,1-4H3,(H,22,26). The molecular formula is C21H24N4O2S2. The van der Waals surface area contributed by atoms with Crippen LogP contribution in [0.3, 0.4) is 0 Å². The predicted octanol–water partition coefficient (Wildman–Crippen LogP) is 4.60. The molecule has 0 radical (unpaired) electrons. The van der Waals surface area contributed by atoms with E-state index >= 15 is 0 Å². The molecule has 2 amide bonds. The number of aryl methyl sites for hydroxylation is 1. The normalized spacial score (nSPS) is 12.4. The van der Waals surface area contributed by atoms with Crippen LogP contribution >= 0.6 is 22.9 Å². The van der Waals surface area contributed by atoms with Gasteiger partial charge in [-0.3, -0.25) is 14.5 Å². The van der Waals surface area contributed by atoms with Crippen LogP contribution in [0.1, 0.15) is 54.2 Å². The second kappa shape index (κ2) is 8.84. The number of hydrogen-bond acceptors (Lipinski definition) is 6. The molecule has 6 nitrogen and oxygen atoms in total. The number of nitrogens with zero attached hydrogens (tertiary/aromatic N) is 3. The van der Waals surface area contributed by atoms with Crippen LogP contribution in [-0.2, 0) is 4.79 Å². The number of hydrogen-bond donors (Lipinski definition) is 1. The van der Waals surface area contributed by atoms with Gasteiger partial charge in [-0.1, -0.05) is 29.6 Å². The average molecular weight is 429 g/mol. The first-order chi connectivity index (χ1) is 13.8. The summed E-state index contributed by atoms with van der Waals surface area (Å²) in [5.41, 5.74) is 1.47. The molecule has 2 aromatic heterocycles. The molecule has 0 aliphatic heterocycles. The highest BCUT2D eigenvalue weighted by Crippen LogP contribution is 2.33. The third-order valence-corrected chi connectivity index (χ3v) is 6.17. The zero-order chi connectivity index (χ0) is 21.0. The lowest BCUT2D eigenvalue weighted by molar-refractivity contribution is -0.124. The first kappa shape index (κ1) is 21.1. The van der Waals surface area contributed by atoms with E-state index in [2.05, 4.69) is 14.9 Å². The predicted molar refractivity (Wildman–Crippen MR) is 117 cm³/mol. The summed E-state index contributed by atoms with van der Waals surface area (Å²) in [7, 11) is 0. The molecular weight excluding hydrogens is 404 g/mol. The van der Waals surface area contributed by atoms with Crippen molar-refractivity contribution in [2.75, 3.05) is 4.90 Å². The van der Waals surface area contributed by atoms with Gasteiger partial charge in [-0.15, -0.1) is 16.4 Å². The number of anilines is 1. The first-order valence-electron chi connectivity index (χ1n) is 9.35. The Labute approximate surface area is 178 Å². The fourth-order valence-corrected chi connectivity index (χ4v) is 4.10. The van der Waals surface area contributed by atoms with Crippen molar-refractivity contribution in [3.8, 4) is 0 Å². The van der Waals surface area contributed by atoms with Gasteiger partial charge >= 0.3 is 0 Å². The molecule has 0 aliphatic carbocycles. The van der Waals surface area contributed by atoms with Crippen LogP contribution in [0.15, 0.2) is 47.2 Å². The van der Waals surface area contributed by atoms with Gasteiger partial charge in [0.1, 0.15) is 0 Å². The summed E-state index contributed by atoms with van der Waals surface area (Å²) < 4.78 is 3.82. The van der Waals surface area contributed by atoms with E-state index < -0.39 is 11.6 Å². The molecule has 0 fully saturated rings. The lowest BCUT2D eigenvalue weighted by Gasteiger charge is -2.33. The van der Waals surface area contributed by atoms with Crippen LogP contribution in [-0.4, -0.2) is 26.9 Å². The third kappa shape index (κ3) is 4.89. The average Bonchev–Trinajstić information content (AvgIpc) is 3.39. The highest BCUT2D eigenvalue weighted by molar-refractivity contribution is 7.10. The van der Waals surface area contributed by atoms with Crippen molar-refractivity contribution in [2.24, 2.45) is 0 Å². The van der Waals surface area contributed by atoms with Gasteiger partial charge in [0.05, 0.1) is 0 Å². The number of benzene rings is 1. The van der Waals surface area contributed by atoms with Crippen LogP contribution in [0.5, 0.6) is 0 Å². The zero-order valence-electron chi connectivity index (χ0n) is 16.9. The highest BCUT2D eigenvalue weighted by Gasteiger charge is 2.36. The first-order valence-corrected chi connectivity index (χ1v) is 11.1. The van der Waals surface area contributed by atoms with E-state index in [4.69, 9.17) is 0 Å². The van der Waals surface area contributed by atoms with Gasteiger partial charge in [0.2, 0.25) is 5.91 Å². The summed E-state index contributed by atoms with van der Waals surface area (Å²) in [4.78, 5) is 29.2. The minimum absolute atomic E-state index is 0.223. The Bertz CT molecular complexity index is 969. The second-order valence-electron chi connectivity index (χ2n) is 7.45. The van der Waals surface area contributed by atoms with Gasteiger partial charge in [-0.05, 0) is 67.9 Å². The fraction of sp³-hybridized carbons (Fsp3) is 0.333. The molecule has 2 heterocycles. The number of aromatic nitrogens is 2. The van der Waals surface area contributed by atoms with Gasteiger partial charge in [0.15, 0.2) is 11.7 Å². The van der Waals surface area contributed by atoms with Crippen LogP contribution in [0, 0.1) is 6.92 Å². The number of rotatable bonds is 7. The number of amides is 2. The topological polar surface area (TPSA) is 75.2 Å². The molecule has 0 aliphatic rings. The molecule has 29 heavy (non-hydrogen) atoms. The van der Waals surface area contributed by atoms with Gasteiger partial charge in [-0.2, -0.15) is 0 Å². The molecule has 0 bridgehead atoms. The van der Waals surface area contributed by atoms with Crippen molar-refractivity contribution in [3.63, 3.8) is 0 Å². The summed E-state index contributed by atoms with van der Waals surface area (Å²) in [6.07, 6.45) is 0.768. The Hall–Kier alpha value is -2.58. The number of carbonyl (C=O) groups excluding carboxylic acids is 2. The van der Waals surface area contributed by atoms with E-state index in [-0.39, 0.29) is 17.5 Å². The largest absolute Gasteiger partial charge is 0.349 e. The summed E-state index contributed by atoms with van der Waals surface area (Å²) >= 11 is 2.55. The Morgan fingerprint density at radius 3 is 2.62 bits per heavy atom. The SMILES string of the molecule is CCC(C)(C)NC(=O)C(c1cccs1)N(C(=O)c1csnn1)c1cccc(C)c1. The van der Waals surface area contributed by atoms with Crippen LogP contribution < -0.4 is 10.2 Å². The Morgan fingerprint density at radius 2 is 2.03 bits per heavy atom. The van der Waals surface area contributed by atoms with Crippen molar-refractivity contribution in [1.82, 2.24) is 14.9 Å². The summed E-state index contributed by atoms with van der Waals surface area (Å²) in [5.74, 6) is -0.579. The fourth-order valence-electron chi connectivity index (χ4n) is 2.85. The van der Waals surface area contributed by atoms with Crippen molar-refractivity contribution >= 4 is 40.4 Å². The quantitative estimate of drug-likeness (QED) is 0.597. The summed E-state index contributed by atoms with van der Waals surface area (Å²) in [6.45, 7) is 7.92. The van der Waals surface area contributed by atoms with E-state index in [9.17, 15) is 9.59 Å². The number of nitrogens with one attached hydrogen (secondary N) is 1. The molecule has 0 saturated heterocycles. The zero-order valence-corrected chi connectivity index (χ0v) is 18.5. The van der Waals surface area contributed by atoms with Crippen LogP contribution in [0.25, 0.3) is 0 Å². The Kier molecular flexibility index (Phi) is 6.44. The molecule has 3 rings (SSSR count). The summed E-state index contributed by atoms with van der Waals surface area (Å²) in [5, 5.41) is 10.6. The maximum absolute atomic E-state index is 13.5. The molecule has 3 aromatic rings. The Morgan fingerprint density at radius 1 is 1.24 bits per heavy atom. The molecule has 1 unspecified atom stereocenters. The minimum atomic E-state index is -0.808. The molecule has 152 valence electrons. The molecule has 8 heteroatoms. The van der Waals surface area contributed by atoms with E-state index in [0.29, 0.717) is 5.69 Å². The van der Waals surface area contributed by atoms with E-state index in [0.717, 1.165) is 28.4 Å². The van der Waals surface area contributed by atoms with Crippen molar-refractivity contribution in [3.05, 3.63) is 63.3 Å². The van der Waals surface area contributed by atoms with Crippen molar-refractivity contribution in [1.29, 1.82) is 0 Å². The maximum atomic E-state index is 13.5. The molecule has 0 saturated carbocycles. The Balaban J connectivity index is 2.12. The second-order valence-corrected chi connectivity index (χ2v) is 9.04. The minimum Gasteiger partial charge on any atom is -0.349 e. The van der Waals surface area contributed by atoms with Crippen molar-refractivity contribution < 1.29 is 9.59 Å². The van der Waals surface area contributed by atoms with Crippen LogP contribution in [0.4, 0.5) is 5.69 Å². The number of carbonyl (C=O) groups is 2. The van der Waals surface area contributed by atoms with Crippen molar-refractivity contribution in [2.45, 2.75) is 45.7 Å². The van der Waals surface area contributed by atoms with E-state index in [1.807, 2.05) is 69.5 Å². The monoisotopic (exact) mass is 428 g/mol. The smallest absolute Gasteiger partial charge is 0.280 e. The van der Waals surface area contributed by atoms with Gasteiger partial charge in [0.25, 0.3) is 5.91 Å². The molecule has 1 atom stereocenters. The molecule has 1 N–H and O–H groups in total. The highest BCUT2D eigenvalue weighted by atomic mass is 32.1. The summed E-state index contributed by atoms with van der Waals surface area (Å²) in [6, 6.07) is 10.5. The lowest BCUT2D eigenvalue weighted by atomic mass is 10.0. The molecule has 0 spiro atoms. The van der Waals surface area contributed by atoms with E-state index in [1.54, 1.807) is 5.38 Å². The van der Waals surface area contributed by atoms with Crippen LogP contribution in [0.2, 0.25) is 0 Å². The number of thiophene rings is 1. The van der Waals surface area contributed by atoms with Gasteiger partial charge in [-0.25, -0.2) is 0 Å². The lowest BCUT2D eigenvalue weighted by Crippen LogP contribution is -2.50. The maximum Gasteiger partial charge on any atom is 0.280 e. The molecule has 1 aromatic carbocycles. The van der Waals surface area contributed by atoms with E-state index in [1.165, 1.54) is 16.2 Å². The van der Waals surface area contributed by atoms with Gasteiger partial charge < -0.3 is 5.32 Å².